The molecule has 0 bridgehead atoms. The Bertz CT molecular complexity index is 839. The van der Waals surface area contributed by atoms with E-state index in [-0.39, 0.29) is 29.0 Å². The van der Waals surface area contributed by atoms with E-state index < -0.39 is 4.92 Å². The highest BCUT2D eigenvalue weighted by Crippen LogP contribution is 2.26. The number of hydrogen-bond acceptors (Lipinski definition) is 4. The molecule has 1 heterocycles. The van der Waals surface area contributed by atoms with E-state index in [1.807, 2.05) is 0 Å². The van der Waals surface area contributed by atoms with E-state index in [2.05, 4.69) is 10.2 Å². The number of benzene rings is 2. The van der Waals surface area contributed by atoms with Crippen molar-refractivity contribution in [3.8, 4) is 0 Å². The summed E-state index contributed by atoms with van der Waals surface area (Å²) in [4.78, 5) is 25.7. The lowest BCUT2D eigenvalue weighted by Crippen LogP contribution is -3.15. The third-order valence-electron chi connectivity index (χ3n) is 4.51. The highest BCUT2D eigenvalue weighted by molar-refractivity contribution is 6.33. The zero-order valence-electron chi connectivity index (χ0n) is 14.5. The summed E-state index contributed by atoms with van der Waals surface area (Å²) in [6, 6.07) is 10.3. The molecule has 27 heavy (non-hydrogen) atoms. The van der Waals surface area contributed by atoms with Crippen molar-refractivity contribution >= 4 is 34.6 Å². The molecule has 0 radical (unpaired) electrons. The number of non-ortho nitro benzene ring substituents is 1. The van der Waals surface area contributed by atoms with Gasteiger partial charge in [-0.05, 0) is 30.3 Å². The monoisotopic (exact) mass is 393 g/mol. The van der Waals surface area contributed by atoms with E-state index in [1.54, 1.807) is 12.1 Å². The van der Waals surface area contributed by atoms with Gasteiger partial charge in [0, 0.05) is 17.8 Å². The highest BCUT2D eigenvalue weighted by atomic mass is 35.5. The molecule has 2 aromatic carbocycles. The van der Waals surface area contributed by atoms with Crippen LogP contribution >= 0.6 is 11.6 Å². The van der Waals surface area contributed by atoms with E-state index in [9.17, 15) is 19.3 Å². The molecular weight excluding hydrogens is 375 g/mol. The van der Waals surface area contributed by atoms with Gasteiger partial charge in [0.2, 0.25) is 0 Å². The SMILES string of the molecule is O=C(C[NH+]1CCN(c2ccc(F)cc2)CC1)Nc1ccc([N+](=O)[O-])cc1Cl. The Morgan fingerprint density at radius 1 is 1.22 bits per heavy atom. The molecule has 7 nitrogen and oxygen atoms in total. The number of nitrogens with one attached hydrogen (secondary N) is 2. The molecule has 1 aliphatic heterocycles. The van der Waals surface area contributed by atoms with Crippen LogP contribution in [0.4, 0.5) is 21.5 Å². The molecular formula is C18H19ClFN4O3+. The van der Waals surface area contributed by atoms with Gasteiger partial charge in [0.1, 0.15) is 5.82 Å². The molecule has 2 N–H and O–H groups in total. The van der Waals surface area contributed by atoms with E-state index >= 15 is 0 Å². The molecule has 1 aliphatic rings. The van der Waals surface area contributed by atoms with Crippen molar-refractivity contribution in [2.24, 2.45) is 0 Å². The number of hydrogen-bond donors (Lipinski definition) is 2. The van der Waals surface area contributed by atoms with E-state index in [1.165, 1.54) is 30.3 Å². The second-order valence-corrected chi connectivity index (χ2v) is 6.77. The molecule has 0 spiro atoms. The fraction of sp³-hybridized carbons (Fsp3) is 0.278. The fourth-order valence-corrected chi connectivity index (χ4v) is 3.27. The Balaban J connectivity index is 1.51. The number of halogens is 2. The number of nitro groups is 1. The number of nitrogens with zero attached hydrogens (tertiary/aromatic N) is 2. The van der Waals surface area contributed by atoms with Crippen molar-refractivity contribution in [3.05, 3.63) is 63.4 Å². The summed E-state index contributed by atoms with van der Waals surface area (Å²) in [7, 11) is 0. The smallest absolute Gasteiger partial charge is 0.279 e. The lowest BCUT2D eigenvalue weighted by Gasteiger charge is -2.33. The lowest BCUT2D eigenvalue weighted by atomic mass is 10.2. The first-order valence-electron chi connectivity index (χ1n) is 8.50. The number of piperazine rings is 1. The second kappa shape index (κ2) is 8.32. The van der Waals surface area contributed by atoms with Crippen LogP contribution in [0.25, 0.3) is 0 Å². The van der Waals surface area contributed by atoms with Crippen LogP contribution in [0.3, 0.4) is 0 Å². The zero-order chi connectivity index (χ0) is 19.4. The largest absolute Gasteiger partial charge is 0.360 e. The summed E-state index contributed by atoms with van der Waals surface area (Å²) >= 11 is 6.00. The fourth-order valence-electron chi connectivity index (χ4n) is 3.05. The van der Waals surface area contributed by atoms with Gasteiger partial charge < -0.3 is 15.1 Å². The maximum absolute atomic E-state index is 13.0. The Hall–Kier alpha value is -2.71. The van der Waals surface area contributed by atoms with Gasteiger partial charge in [-0.15, -0.1) is 0 Å². The summed E-state index contributed by atoms with van der Waals surface area (Å²) in [5.41, 5.74) is 1.20. The number of carbonyl (C=O) groups is 1. The van der Waals surface area contributed by atoms with E-state index in [0.717, 1.165) is 36.8 Å². The first kappa shape index (κ1) is 19.1. The van der Waals surface area contributed by atoms with Gasteiger partial charge in [0.05, 0.1) is 41.8 Å². The van der Waals surface area contributed by atoms with Gasteiger partial charge in [0.15, 0.2) is 6.54 Å². The minimum absolute atomic E-state index is 0.125. The molecule has 2 aromatic rings. The topological polar surface area (TPSA) is 79.9 Å². The minimum atomic E-state index is -0.539. The third kappa shape index (κ3) is 4.93. The van der Waals surface area contributed by atoms with E-state index in [0.29, 0.717) is 5.69 Å². The Morgan fingerprint density at radius 3 is 2.48 bits per heavy atom. The number of nitro benzene ring substituents is 1. The van der Waals surface area contributed by atoms with Crippen molar-refractivity contribution in [1.29, 1.82) is 0 Å². The lowest BCUT2D eigenvalue weighted by molar-refractivity contribution is -0.892. The van der Waals surface area contributed by atoms with E-state index in [4.69, 9.17) is 11.6 Å². The van der Waals surface area contributed by atoms with Crippen LogP contribution in [0, 0.1) is 15.9 Å². The molecule has 0 aliphatic carbocycles. The number of quaternary nitrogens is 1. The first-order chi connectivity index (χ1) is 12.9. The van der Waals surface area contributed by atoms with Gasteiger partial charge in [0.25, 0.3) is 11.6 Å². The Kier molecular flexibility index (Phi) is 5.88. The molecule has 0 aromatic heterocycles. The molecule has 0 saturated carbocycles. The molecule has 1 fully saturated rings. The quantitative estimate of drug-likeness (QED) is 0.599. The second-order valence-electron chi connectivity index (χ2n) is 6.36. The summed E-state index contributed by atoms with van der Waals surface area (Å²) in [6.45, 7) is 3.38. The van der Waals surface area contributed by atoms with Crippen LogP contribution in [-0.4, -0.2) is 43.6 Å². The van der Waals surface area contributed by atoms with Crippen molar-refractivity contribution in [1.82, 2.24) is 0 Å². The summed E-state index contributed by atoms with van der Waals surface area (Å²) in [6.07, 6.45) is 0. The molecule has 1 amide bonds. The van der Waals surface area contributed by atoms with Crippen LogP contribution in [0.1, 0.15) is 0 Å². The molecule has 3 rings (SSSR count). The molecule has 0 atom stereocenters. The predicted molar refractivity (Wildman–Crippen MR) is 101 cm³/mol. The molecule has 142 valence electrons. The zero-order valence-corrected chi connectivity index (χ0v) is 15.2. The maximum atomic E-state index is 13.0. The molecule has 0 unspecified atom stereocenters. The van der Waals surface area contributed by atoms with Crippen LogP contribution in [0.2, 0.25) is 5.02 Å². The van der Waals surface area contributed by atoms with Gasteiger partial charge >= 0.3 is 0 Å². The van der Waals surface area contributed by atoms with Crippen molar-refractivity contribution in [2.75, 3.05) is 42.9 Å². The van der Waals surface area contributed by atoms with Gasteiger partial charge in [-0.25, -0.2) is 4.39 Å². The van der Waals surface area contributed by atoms with Gasteiger partial charge in [-0.1, -0.05) is 11.6 Å². The average molecular weight is 394 g/mol. The summed E-state index contributed by atoms with van der Waals surface area (Å²) in [5.74, 6) is -0.458. The Labute approximate surface area is 160 Å². The van der Waals surface area contributed by atoms with Gasteiger partial charge in [-0.2, -0.15) is 0 Å². The number of anilines is 2. The standard InChI is InChI=1S/C18H18ClFN4O3/c19-16-11-15(24(26)27)5-6-17(16)21-18(25)12-22-7-9-23(10-8-22)14-3-1-13(20)2-4-14/h1-6,11H,7-10,12H2,(H,21,25)/p+1. The van der Waals surface area contributed by atoms with Crippen molar-refractivity contribution in [2.45, 2.75) is 0 Å². The van der Waals surface area contributed by atoms with Crippen LogP contribution in [0.5, 0.6) is 0 Å². The molecule has 1 saturated heterocycles. The maximum Gasteiger partial charge on any atom is 0.279 e. The number of rotatable bonds is 5. The minimum Gasteiger partial charge on any atom is -0.360 e. The Morgan fingerprint density at radius 2 is 1.89 bits per heavy atom. The van der Waals surface area contributed by atoms with Crippen LogP contribution in [0.15, 0.2) is 42.5 Å². The van der Waals surface area contributed by atoms with Crippen LogP contribution in [-0.2, 0) is 4.79 Å². The number of amides is 1. The highest BCUT2D eigenvalue weighted by Gasteiger charge is 2.23. The summed E-state index contributed by atoms with van der Waals surface area (Å²) < 4.78 is 13.0. The predicted octanol–water partition coefficient (Wildman–Crippen LogP) is 1.73. The summed E-state index contributed by atoms with van der Waals surface area (Å²) in [5, 5.41) is 13.6. The van der Waals surface area contributed by atoms with Crippen molar-refractivity contribution in [3.63, 3.8) is 0 Å². The average Bonchev–Trinajstić information content (AvgIpc) is 2.64. The number of carbonyl (C=O) groups excluding carboxylic acids is 1. The van der Waals surface area contributed by atoms with Crippen LogP contribution < -0.4 is 15.1 Å². The van der Waals surface area contributed by atoms with Gasteiger partial charge in [-0.3, -0.25) is 14.9 Å². The normalized spacial score (nSPS) is 14.8. The van der Waals surface area contributed by atoms with Crippen molar-refractivity contribution < 1.29 is 19.0 Å². The first-order valence-corrected chi connectivity index (χ1v) is 8.88. The molecule has 9 heteroatoms. The third-order valence-corrected chi connectivity index (χ3v) is 4.82.